The molecule has 0 aliphatic carbocycles. The van der Waals surface area contributed by atoms with Gasteiger partial charge < -0.3 is 0 Å². The highest BCUT2D eigenvalue weighted by Crippen LogP contribution is 2.15. The van der Waals surface area contributed by atoms with Crippen LogP contribution < -0.4 is 5.34 Å². The molecule has 0 unspecified atom stereocenters. The molecule has 1 aromatic rings. The summed E-state index contributed by atoms with van der Waals surface area (Å²) in [5.41, 5.74) is -0.0441. The number of hydrogen-bond acceptors (Lipinski definition) is 2. The van der Waals surface area contributed by atoms with Crippen LogP contribution in [0, 0.1) is 0 Å². The highest BCUT2D eigenvalue weighted by molar-refractivity contribution is 5.76. The molecule has 0 aromatic heterocycles. The molecule has 4 heteroatoms. The molecule has 0 radical (unpaired) electrons. The molecule has 1 aromatic carbocycles. The smallest absolute Gasteiger partial charge is 0.150 e. The van der Waals surface area contributed by atoms with Crippen LogP contribution in [0.25, 0.3) is 0 Å². The van der Waals surface area contributed by atoms with Crippen molar-refractivity contribution in [2.75, 3.05) is 5.34 Å². The van der Waals surface area contributed by atoms with Gasteiger partial charge in [0.25, 0.3) is 0 Å². The summed E-state index contributed by atoms with van der Waals surface area (Å²) < 4.78 is 23.6. The van der Waals surface area contributed by atoms with E-state index in [0.717, 1.165) is 6.07 Å². The molecular formula is C7H5F2NO. The third-order valence-electron chi connectivity index (χ3n) is 1.20. The Morgan fingerprint density at radius 3 is 2.64 bits per heavy atom. The molecule has 0 fully saturated rings. The van der Waals surface area contributed by atoms with Crippen molar-refractivity contribution >= 4 is 12.0 Å². The summed E-state index contributed by atoms with van der Waals surface area (Å²) in [6, 6.07) is 5.17. The van der Waals surface area contributed by atoms with Crippen LogP contribution in [0.3, 0.4) is 0 Å². The Labute approximate surface area is 61.9 Å². The number of rotatable bonds is 2. The quantitative estimate of drug-likeness (QED) is 0.483. The van der Waals surface area contributed by atoms with Gasteiger partial charge in [0.2, 0.25) is 0 Å². The summed E-state index contributed by atoms with van der Waals surface area (Å²) in [5, 5.41) is -1.03. The fourth-order valence-electron chi connectivity index (χ4n) is 0.703. The van der Waals surface area contributed by atoms with Crippen molar-refractivity contribution < 1.29 is 13.8 Å². The van der Waals surface area contributed by atoms with Gasteiger partial charge in [0.1, 0.15) is 12.0 Å². The maximum Gasteiger partial charge on any atom is 0.150 e. The summed E-state index contributed by atoms with van der Waals surface area (Å²) >= 11 is 0. The predicted molar refractivity (Wildman–Crippen MR) is 36.5 cm³/mol. The number of nitrogens with zero attached hydrogens (tertiary/aromatic N) is 1. The zero-order valence-corrected chi connectivity index (χ0v) is 5.50. The maximum atomic E-state index is 11.8. The second kappa shape index (κ2) is 3.09. The normalized spacial score (nSPS) is 9.27. The summed E-state index contributed by atoms with van der Waals surface area (Å²) in [7, 11) is 0. The van der Waals surface area contributed by atoms with Gasteiger partial charge in [0, 0.05) is 5.56 Å². The van der Waals surface area contributed by atoms with E-state index in [-0.39, 0.29) is 11.3 Å². The van der Waals surface area contributed by atoms with E-state index in [2.05, 4.69) is 0 Å². The zero-order chi connectivity index (χ0) is 8.27. The Morgan fingerprint density at radius 1 is 1.36 bits per heavy atom. The van der Waals surface area contributed by atoms with E-state index >= 15 is 0 Å². The predicted octanol–water partition coefficient (Wildman–Crippen LogP) is 2.07. The topological polar surface area (TPSA) is 20.3 Å². The molecule has 11 heavy (non-hydrogen) atoms. The van der Waals surface area contributed by atoms with Gasteiger partial charge in [0.05, 0.1) is 0 Å². The first-order valence-electron chi connectivity index (χ1n) is 2.91. The fraction of sp³-hybridized carbons (Fsp3) is 0. The molecule has 0 saturated heterocycles. The van der Waals surface area contributed by atoms with E-state index in [9.17, 15) is 13.8 Å². The molecular weight excluding hydrogens is 152 g/mol. The van der Waals surface area contributed by atoms with E-state index < -0.39 is 5.34 Å². The average molecular weight is 157 g/mol. The lowest BCUT2D eigenvalue weighted by molar-refractivity contribution is 0.112. The Kier molecular flexibility index (Phi) is 2.15. The minimum atomic E-state index is -1.03. The molecule has 58 valence electrons. The number of anilines is 1. The highest BCUT2D eigenvalue weighted by atomic mass is 19.4. The third kappa shape index (κ3) is 1.73. The largest absolute Gasteiger partial charge is 0.298 e. The van der Waals surface area contributed by atoms with Crippen molar-refractivity contribution in [1.82, 2.24) is 0 Å². The van der Waals surface area contributed by atoms with E-state index in [4.69, 9.17) is 0 Å². The van der Waals surface area contributed by atoms with Crippen LogP contribution in [0.4, 0.5) is 14.6 Å². The molecule has 0 aliphatic heterocycles. The van der Waals surface area contributed by atoms with Gasteiger partial charge in [-0.1, -0.05) is 21.1 Å². The van der Waals surface area contributed by atoms with Gasteiger partial charge in [-0.2, -0.15) is 0 Å². The van der Waals surface area contributed by atoms with Gasteiger partial charge in [-0.15, -0.1) is 0 Å². The first-order chi connectivity index (χ1) is 5.24. The maximum absolute atomic E-state index is 11.8. The van der Waals surface area contributed by atoms with E-state index in [0.29, 0.717) is 6.29 Å². The van der Waals surface area contributed by atoms with Gasteiger partial charge in [-0.05, 0) is 17.5 Å². The van der Waals surface area contributed by atoms with E-state index in [1.54, 1.807) is 0 Å². The Morgan fingerprint density at radius 2 is 2.09 bits per heavy atom. The minimum Gasteiger partial charge on any atom is -0.298 e. The summed E-state index contributed by atoms with van der Waals surface area (Å²) in [5.74, 6) is 0. The molecule has 0 aliphatic rings. The van der Waals surface area contributed by atoms with Crippen molar-refractivity contribution in [2.45, 2.75) is 0 Å². The van der Waals surface area contributed by atoms with Gasteiger partial charge in [-0.3, -0.25) is 4.79 Å². The Hall–Kier alpha value is -1.45. The van der Waals surface area contributed by atoms with Crippen molar-refractivity contribution in [2.24, 2.45) is 0 Å². The Bertz CT molecular complexity index is 262. The van der Waals surface area contributed by atoms with Crippen LogP contribution in [-0.2, 0) is 0 Å². The molecule has 0 bridgehead atoms. The van der Waals surface area contributed by atoms with Crippen LogP contribution in [0.5, 0.6) is 0 Å². The standard InChI is InChI=1S/C7H5F2NO/c8-10(9)7-3-1-2-6(4-7)5-11/h1-5H. The molecule has 0 N–H and O–H groups in total. The number of halogens is 2. The highest BCUT2D eigenvalue weighted by Gasteiger charge is 2.01. The van der Waals surface area contributed by atoms with Crippen LogP contribution >= 0.6 is 0 Å². The Balaban J connectivity index is 3.00. The number of hydrogen-bond donors (Lipinski definition) is 0. The summed E-state index contributed by atoms with van der Waals surface area (Å²) in [4.78, 5) is 10.1. The zero-order valence-electron chi connectivity index (χ0n) is 5.50. The minimum absolute atomic E-state index is 0.239. The lowest BCUT2D eigenvalue weighted by Crippen LogP contribution is -1.95. The lowest BCUT2D eigenvalue weighted by Gasteiger charge is -2.00. The van der Waals surface area contributed by atoms with Gasteiger partial charge in [0.15, 0.2) is 0 Å². The van der Waals surface area contributed by atoms with Gasteiger partial charge in [-0.25, -0.2) is 0 Å². The van der Waals surface area contributed by atoms with Crippen molar-refractivity contribution in [3.05, 3.63) is 29.8 Å². The van der Waals surface area contributed by atoms with Crippen molar-refractivity contribution in [1.29, 1.82) is 0 Å². The van der Waals surface area contributed by atoms with Crippen molar-refractivity contribution in [3.63, 3.8) is 0 Å². The van der Waals surface area contributed by atoms with Crippen molar-refractivity contribution in [3.8, 4) is 0 Å². The van der Waals surface area contributed by atoms with E-state index in [1.807, 2.05) is 0 Å². The van der Waals surface area contributed by atoms with Crippen LogP contribution in [-0.4, -0.2) is 6.29 Å². The summed E-state index contributed by atoms with van der Waals surface area (Å²) in [6.07, 6.45) is 0.521. The molecule has 0 spiro atoms. The monoisotopic (exact) mass is 157 g/mol. The molecule has 0 heterocycles. The van der Waals surface area contributed by atoms with Crippen LogP contribution in [0.15, 0.2) is 24.3 Å². The number of carbonyl (C=O) groups is 1. The second-order valence-corrected chi connectivity index (χ2v) is 1.95. The third-order valence-corrected chi connectivity index (χ3v) is 1.20. The number of aldehydes is 1. The number of carbonyl (C=O) groups excluding carboxylic acids is 1. The molecule has 0 atom stereocenters. The molecule has 0 amide bonds. The first kappa shape index (κ1) is 7.65. The average Bonchev–Trinajstić information content (AvgIpc) is 2.05. The SMILES string of the molecule is O=Cc1cccc(N(F)F)c1. The molecule has 2 nitrogen and oxygen atoms in total. The van der Waals surface area contributed by atoms with Gasteiger partial charge >= 0.3 is 0 Å². The fourth-order valence-corrected chi connectivity index (χ4v) is 0.703. The van der Waals surface area contributed by atoms with Crippen LogP contribution in [0.2, 0.25) is 0 Å². The summed E-state index contributed by atoms with van der Waals surface area (Å²) in [6.45, 7) is 0. The number of benzene rings is 1. The lowest BCUT2D eigenvalue weighted by atomic mass is 10.2. The van der Waals surface area contributed by atoms with Crippen LogP contribution in [0.1, 0.15) is 10.4 Å². The second-order valence-electron chi connectivity index (χ2n) is 1.95. The molecule has 1 rings (SSSR count). The first-order valence-corrected chi connectivity index (χ1v) is 2.91. The van der Waals surface area contributed by atoms with E-state index in [1.165, 1.54) is 18.2 Å². The molecule has 0 saturated carbocycles.